The predicted octanol–water partition coefficient (Wildman–Crippen LogP) is 3.81. The first-order chi connectivity index (χ1) is 9.22. The monoisotopic (exact) mass is 269 g/mol. The maximum atomic E-state index is 11.7. The van der Waals surface area contributed by atoms with Gasteiger partial charge >= 0.3 is 5.97 Å². The van der Waals surface area contributed by atoms with Crippen LogP contribution >= 0.6 is 0 Å². The van der Waals surface area contributed by atoms with Crippen LogP contribution in [-0.4, -0.2) is 25.7 Å². The molecule has 0 spiro atoms. The molecule has 0 amide bonds. The molecular weight excluding hydrogens is 238 g/mol. The lowest BCUT2D eigenvalue weighted by Crippen LogP contribution is -2.45. The van der Waals surface area contributed by atoms with Crippen molar-refractivity contribution in [1.29, 1.82) is 0 Å². The van der Waals surface area contributed by atoms with Crippen LogP contribution in [0.3, 0.4) is 0 Å². The molecule has 1 aliphatic rings. The summed E-state index contributed by atoms with van der Waals surface area (Å²) in [5.74, 6) is -0.0820. The van der Waals surface area contributed by atoms with Gasteiger partial charge in [-0.15, -0.1) is 0 Å². The molecule has 0 radical (unpaired) electrons. The predicted molar refractivity (Wildman–Crippen MR) is 79.2 cm³/mol. The second-order valence-corrected chi connectivity index (χ2v) is 5.97. The highest BCUT2D eigenvalue weighted by Crippen LogP contribution is 2.27. The third kappa shape index (κ3) is 6.42. The van der Waals surface area contributed by atoms with E-state index in [-0.39, 0.29) is 11.5 Å². The zero-order valence-electron chi connectivity index (χ0n) is 12.8. The highest BCUT2D eigenvalue weighted by Gasteiger charge is 2.30. The number of nitrogens with one attached hydrogen (secondary N) is 1. The Morgan fingerprint density at radius 1 is 0.947 bits per heavy atom. The van der Waals surface area contributed by atoms with Crippen LogP contribution in [0.2, 0.25) is 0 Å². The summed E-state index contributed by atoms with van der Waals surface area (Å²) in [7, 11) is 3.48. The van der Waals surface area contributed by atoms with Crippen LogP contribution in [0.25, 0.3) is 0 Å². The Bertz CT molecular complexity index is 241. The molecule has 0 aromatic rings. The van der Waals surface area contributed by atoms with Gasteiger partial charge in [-0.05, 0) is 19.9 Å². The number of ether oxygens (including phenoxy) is 1. The molecule has 0 unspecified atom stereocenters. The molecule has 0 aromatic carbocycles. The molecule has 0 heterocycles. The molecule has 0 atom stereocenters. The lowest BCUT2D eigenvalue weighted by Gasteiger charge is -2.33. The van der Waals surface area contributed by atoms with Crippen molar-refractivity contribution in [2.75, 3.05) is 14.2 Å². The quantitative estimate of drug-likeness (QED) is 0.792. The smallest absolute Gasteiger partial charge is 0.307 e. The van der Waals surface area contributed by atoms with E-state index in [0.29, 0.717) is 6.42 Å². The van der Waals surface area contributed by atoms with Crippen molar-refractivity contribution in [3.8, 4) is 0 Å². The van der Waals surface area contributed by atoms with Gasteiger partial charge in [0.2, 0.25) is 0 Å². The van der Waals surface area contributed by atoms with Crippen molar-refractivity contribution in [3.05, 3.63) is 0 Å². The molecule has 112 valence electrons. The molecule has 0 aromatic heterocycles. The SMILES string of the molecule is CNC1(CC(=O)OC)CCCCCCCCCCC1. The fourth-order valence-corrected chi connectivity index (χ4v) is 3.15. The second-order valence-electron chi connectivity index (χ2n) is 5.97. The van der Waals surface area contributed by atoms with Crippen molar-refractivity contribution in [1.82, 2.24) is 5.32 Å². The van der Waals surface area contributed by atoms with E-state index < -0.39 is 0 Å². The van der Waals surface area contributed by atoms with Crippen LogP contribution < -0.4 is 5.32 Å². The first-order valence-corrected chi connectivity index (χ1v) is 7.98. The first kappa shape index (κ1) is 16.5. The topological polar surface area (TPSA) is 38.3 Å². The van der Waals surface area contributed by atoms with Gasteiger partial charge in [-0.2, -0.15) is 0 Å². The molecule has 19 heavy (non-hydrogen) atoms. The van der Waals surface area contributed by atoms with Crippen molar-refractivity contribution in [2.24, 2.45) is 0 Å². The number of carbonyl (C=O) groups is 1. The van der Waals surface area contributed by atoms with E-state index >= 15 is 0 Å². The maximum absolute atomic E-state index is 11.7. The minimum Gasteiger partial charge on any atom is -0.469 e. The highest BCUT2D eigenvalue weighted by molar-refractivity contribution is 5.70. The Labute approximate surface area is 118 Å². The van der Waals surface area contributed by atoms with Crippen LogP contribution in [0, 0.1) is 0 Å². The summed E-state index contributed by atoms with van der Waals surface area (Å²) >= 11 is 0. The largest absolute Gasteiger partial charge is 0.469 e. The zero-order chi connectivity index (χ0) is 14.0. The number of hydrogen-bond donors (Lipinski definition) is 1. The standard InChI is InChI=1S/C16H31NO2/c1-17-16(14-15(18)19-2)12-10-8-6-4-3-5-7-9-11-13-16/h17H,3-14H2,1-2H3. The van der Waals surface area contributed by atoms with Gasteiger partial charge in [0, 0.05) is 5.54 Å². The van der Waals surface area contributed by atoms with Crippen molar-refractivity contribution < 1.29 is 9.53 Å². The molecule has 1 saturated carbocycles. The van der Waals surface area contributed by atoms with E-state index in [1.54, 1.807) is 0 Å². The summed E-state index contributed by atoms with van der Waals surface area (Å²) in [6, 6.07) is 0. The molecular formula is C16H31NO2. The Balaban J connectivity index is 2.57. The lowest BCUT2D eigenvalue weighted by atomic mass is 9.83. The fourth-order valence-electron chi connectivity index (χ4n) is 3.15. The molecule has 1 fully saturated rings. The first-order valence-electron chi connectivity index (χ1n) is 7.98. The summed E-state index contributed by atoms with van der Waals surface area (Å²) < 4.78 is 4.87. The van der Waals surface area contributed by atoms with E-state index in [9.17, 15) is 4.79 Å². The van der Waals surface area contributed by atoms with Crippen molar-refractivity contribution in [2.45, 2.75) is 82.6 Å². The van der Waals surface area contributed by atoms with Gasteiger partial charge in [-0.3, -0.25) is 4.79 Å². The Morgan fingerprint density at radius 2 is 1.37 bits per heavy atom. The molecule has 1 rings (SSSR count). The van der Waals surface area contributed by atoms with E-state index in [4.69, 9.17) is 4.74 Å². The van der Waals surface area contributed by atoms with Crippen LogP contribution in [0.1, 0.15) is 77.0 Å². The van der Waals surface area contributed by atoms with E-state index in [1.165, 1.54) is 64.9 Å². The number of rotatable bonds is 3. The van der Waals surface area contributed by atoms with Gasteiger partial charge in [0.1, 0.15) is 0 Å². The van der Waals surface area contributed by atoms with Crippen molar-refractivity contribution >= 4 is 5.97 Å². The average Bonchev–Trinajstić information content (AvgIpc) is 2.42. The maximum Gasteiger partial charge on any atom is 0.307 e. The number of hydrogen-bond acceptors (Lipinski definition) is 3. The van der Waals surface area contributed by atoms with Gasteiger partial charge in [-0.1, -0.05) is 57.8 Å². The van der Waals surface area contributed by atoms with Gasteiger partial charge in [0.15, 0.2) is 0 Å². The van der Waals surface area contributed by atoms with E-state index in [2.05, 4.69) is 5.32 Å². The summed E-state index contributed by atoms with van der Waals surface area (Å²) in [5, 5.41) is 3.43. The van der Waals surface area contributed by atoms with Gasteiger partial charge in [0.05, 0.1) is 13.5 Å². The molecule has 0 bridgehead atoms. The van der Waals surface area contributed by atoms with E-state index in [0.717, 1.165) is 12.8 Å². The Morgan fingerprint density at radius 3 is 1.74 bits per heavy atom. The van der Waals surface area contributed by atoms with Crippen LogP contribution in [0.15, 0.2) is 0 Å². The minimum atomic E-state index is -0.0820. The number of esters is 1. The van der Waals surface area contributed by atoms with E-state index in [1.807, 2.05) is 7.05 Å². The molecule has 3 nitrogen and oxygen atoms in total. The minimum absolute atomic E-state index is 0.0354. The molecule has 1 aliphatic carbocycles. The Hall–Kier alpha value is -0.570. The molecule has 3 heteroatoms. The molecule has 1 N–H and O–H groups in total. The molecule has 0 aliphatic heterocycles. The Kier molecular flexibility index (Phi) is 8.11. The highest BCUT2D eigenvalue weighted by atomic mass is 16.5. The third-order valence-electron chi connectivity index (χ3n) is 4.55. The lowest BCUT2D eigenvalue weighted by molar-refractivity contribution is -0.142. The fraction of sp³-hybridized carbons (Fsp3) is 0.938. The van der Waals surface area contributed by atoms with Crippen LogP contribution in [0.4, 0.5) is 0 Å². The van der Waals surface area contributed by atoms with Crippen LogP contribution in [0.5, 0.6) is 0 Å². The summed E-state index contributed by atoms with van der Waals surface area (Å²) in [5.41, 5.74) is -0.0354. The van der Waals surface area contributed by atoms with Crippen LogP contribution in [-0.2, 0) is 9.53 Å². The summed E-state index contributed by atoms with van der Waals surface area (Å²) in [6.07, 6.45) is 14.6. The second kappa shape index (κ2) is 9.35. The normalized spacial score (nSPS) is 22.0. The average molecular weight is 269 g/mol. The summed E-state index contributed by atoms with van der Waals surface area (Å²) in [4.78, 5) is 11.7. The zero-order valence-corrected chi connectivity index (χ0v) is 12.8. The third-order valence-corrected chi connectivity index (χ3v) is 4.55. The van der Waals surface area contributed by atoms with Gasteiger partial charge in [0.25, 0.3) is 0 Å². The number of methoxy groups -OCH3 is 1. The molecule has 0 saturated heterocycles. The number of carbonyl (C=O) groups excluding carboxylic acids is 1. The van der Waals surface area contributed by atoms with Gasteiger partial charge < -0.3 is 10.1 Å². The van der Waals surface area contributed by atoms with Gasteiger partial charge in [-0.25, -0.2) is 0 Å². The van der Waals surface area contributed by atoms with Crippen molar-refractivity contribution in [3.63, 3.8) is 0 Å². The summed E-state index contributed by atoms with van der Waals surface area (Å²) in [6.45, 7) is 0.